The van der Waals surface area contributed by atoms with Crippen molar-refractivity contribution >= 4 is 17.7 Å². The highest BCUT2D eigenvalue weighted by Crippen LogP contribution is 2.26. The maximum atomic E-state index is 14.4. The fourth-order valence-electron chi connectivity index (χ4n) is 2.87. The van der Waals surface area contributed by atoms with E-state index in [1.165, 1.54) is 23.4 Å². The lowest BCUT2D eigenvalue weighted by atomic mass is 10.1. The summed E-state index contributed by atoms with van der Waals surface area (Å²) in [7, 11) is 0. The minimum Gasteiger partial charge on any atom is -0.353 e. The summed E-state index contributed by atoms with van der Waals surface area (Å²) in [5.41, 5.74) is 1.58. The topological polar surface area (TPSA) is 59.8 Å². The molecule has 1 heterocycles. The second-order valence-corrected chi connectivity index (χ2v) is 7.78. The number of benzene rings is 2. The van der Waals surface area contributed by atoms with Crippen LogP contribution < -0.4 is 5.32 Å². The average Bonchev–Trinajstić information content (AvgIpc) is 3.14. The van der Waals surface area contributed by atoms with Crippen molar-refractivity contribution in [3.8, 4) is 11.4 Å². The van der Waals surface area contributed by atoms with Crippen molar-refractivity contribution in [2.45, 2.75) is 44.4 Å². The molecule has 1 amide bonds. The number of aromatic nitrogens is 3. The number of hydrogen-bond donors (Lipinski definition) is 1. The van der Waals surface area contributed by atoms with Crippen LogP contribution in [0, 0.1) is 5.82 Å². The lowest BCUT2D eigenvalue weighted by Crippen LogP contribution is -2.33. The maximum absolute atomic E-state index is 14.4. The molecule has 0 spiro atoms. The van der Waals surface area contributed by atoms with Crippen LogP contribution >= 0.6 is 11.8 Å². The van der Waals surface area contributed by atoms with Crippen LogP contribution in [0.3, 0.4) is 0 Å². The van der Waals surface area contributed by atoms with Crippen molar-refractivity contribution in [1.82, 2.24) is 20.1 Å². The molecule has 29 heavy (non-hydrogen) atoms. The fraction of sp³-hybridized carbons (Fsp3) is 0.318. The first-order valence-corrected chi connectivity index (χ1v) is 10.7. The van der Waals surface area contributed by atoms with Crippen LogP contribution in [0.4, 0.5) is 4.39 Å². The van der Waals surface area contributed by atoms with Gasteiger partial charge in [0.05, 0.1) is 11.3 Å². The molecule has 3 aromatic rings. The van der Waals surface area contributed by atoms with E-state index in [-0.39, 0.29) is 23.5 Å². The molecule has 5 nitrogen and oxygen atoms in total. The average molecular weight is 413 g/mol. The Kier molecular flexibility index (Phi) is 7.41. The third-order valence-corrected chi connectivity index (χ3v) is 5.62. The van der Waals surface area contributed by atoms with Crippen molar-refractivity contribution in [2.75, 3.05) is 5.75 Å². The van der Waals surface area contributed by atoms with Crippen LogP contribution in [0.15, 0.2) is 59.8 Å². The van der Waals surface area contributed by atoms with E-state index < -0.39 is 0 Å². The number of aryl methyl sites for hydroxylation is 1. The Morgan fingerprint density at radius 1 is 1.14 bits per heavy atom. The van der Waals surface area contributed by atoms with Crippen molar-refractivity contribution in [3.63, 3.8) is 0 Å². The first-order valence-electron chi connectivity index (χ1n) is 9.72. The third kappa shape index (κ3) is 5.67. The highest BCUT2D eigenvalue weighted by atomic mass is 32.2. The van der Waals surface area contributed by atoms with E-state index in [2.05, 4.69) is 27.6 Å². The van der Waals surface area contributed by atoms with Gasteiger partial charge in [0.15, 0.2) is 11.0 Å². The molecular formula is C22H25FN4OS. The van der Waals surface area contributed by atoms with Gasteiger partial charge in [-0.25, -0.2) is 4.39 Å². The Hall–Kier alpha value is -2.67. The summed E-state index contributed by atoms with van der Waals surface area (Å²) < 4.78 is 16.3. The largest absolute Gasteiger partial charge is 0.353 e. The summed E-state index contributed by atoms with van der Waals surface area (Å²) in [5, 5.41) is 12.0. The normalized spacial score (nSPS) is 12.0. The van der Waals surface area contributed by atoms with E-state index in [1.54, 1.807) is 18.2 Å². The standard InChI is InChI=1S/C22H25FN4OS/c1-3-16(2)24-20(28)15-29-22-26-25-21(18-11-7-8-12-19(18)23)27(22)14-13-17-9-5-4-6-10-17/h4-12,16H,3,13-15H2,1-2H3,(H,24,28). The van der Waals surface area contributed by atoms with Crippen LogP contribution in [0.5, 0.6) is 0 Å². The molecule has 1 unspecified atom stereocenters. The Balaban J connectivity index is 1.82. The zero-order valence-electron chi connectivity index (χ0n) is 16.6. The maximum Gasteiger partial charge on any atom is 0.230 e. The minimum absolute atomic E-state index is 0.0469. The van der Waals surface area contributed by atoms with Crippen molar-refractivity contribution in [3.05, 3.63) is 66.0 Å². The highest BCUT2D eigenvalue weighted by molar-refractivity contribution is 7.99. The number of thioether (sulfide) groups is 1. The molecule has 0 aliphatic carbocycles. The van der Waals surface area contributed by atoms with Gasteiger partial charge < -0.3 is 9.88 Å². The van der Waals surface area contributed by atoms with Gasteiger partial charge in [0.2, 0.25) is 5.91 Å². The van der Waals surface area contributed by atoms with Crippen LogP contribution in [-0.4, -0.2) is 32.5 Å². The number of amides is 1. The van der Waals surface area contributed by atoms with E-state index >= 15 is 0 Å². The summed E-state index contributed by atoms with van der Waals surface area (Å²) >= 11 is 1.32. The molecule has 0 saturated carbocycles. The van der Waals surface area contributed by atoms with Crippen LogP contribution in [-0.2, 0) is 17.8 Å². The molecule has 0 saturated heterocycles. The molecule has 0 aliphatic heterocycles. The van der Waals surface area contributed by atoms with Gasteiger partial charge >= 0.3 is 0 Å². The SMILES string of the molecule is CCC(C)NC(=O)CSc1nnc(-c2ccccc2F)n1CCc1ccccc1. The lowest BCUT2D eigenvalue weighted by molar-refractivity contribution is -0.119. The van der Waals surface area contributed by atoms with Crippen molar-refractivity contribution in [1.29, 1.82) is 0 Å². The molecule has 152 valence electrons. The fourth-order valence-corrected chi connectivity index (χ4v) is 3.65. The predicted octanol–water partition coefficient (Wildman–Crippen LogP) is 4.33. The van der Waals surface area contributed by atoms with E-state index in [1.807, 2.05) is 36.6 Å². The monoisotopic (exact) mass is 412 g/mol. The van der Waals surface area contributed by atoms with Crippen LogP contribution in [0.25, 0.3) is 11.4 Å². The van der Waals surface area contributed by atoms with Gasteiger partial charge in [-0.15, -0.1) is 10.2 Å². The summed E-state index contributed by atoms with van der Waals surface area (Å²) in [4.78, 5) is 12.2. The zero-order valence-corrected chi connectivity index (χ0v) is 17.5. The second-order valence-electron chi connectivity index (χ2n) is 6.84. The molecule has 1 aromatic heterocycles. The molecule has 1 atom stereocenters. The Morgan fingerprint density at radius 2 is 1.86 bits per heavy atom. The molecule has 7 heteroatoms. The molecule has 0 bridgehead atoms. The summed E-state index contributed by atoms with van der Waals surface area (Å²) in [6.45, 7) is 4.59. The summed E-state index contributed by atoms with van der Waals surface area (Å²) in [6, 6.07) is 16.7. The van der Waals surface area contributed by atoms with Gasteiger partial charge in [0.25, 0.3) is 0 Å². The molecule has 0 radical (unpaired) electrons. The van der Waals surface area contributed by atoms with E-state index in [9.17, 15) is 9.18 Å². The summed E-state index contributed by atoms with van der Waals surface area (Å²) in [6.07, 6.45) is 1.63. The number of hydrogen-bond acceptors (Lipinski definition) is 4. The number of rotatable bonds is 9. The number of nitrogens with one attached hydrogen (secondary N) is 1. The quantitative estimate of drug-likeness (QED) is 0.532. The molecule has 3 rings (SSSR count). The van der Waals surface area contributed by atoms with Gasteiger partial charge in [-0.1, -0.05) is 61.2 Å². The van der Waals surface area contributed by atoms with E-state index in [0.717, 1.165) is 12.8 Å². The van der Waals surface area contributed by atoms with Crippen LogP contribution in [0.2, 0.25) is 0 Å². The molecule has 1 N–H and O–H groups in total. The Bertz CT molecular complexity index is 945. The van der Waals surface area contributed by atoms with Gasteiger partial charge in [0, 0.05) is 12.6 Å². The van der Waals surface area contributed by atoms with Gasteiger partial charge in [-0.2, -0.15) is 0 Å². The van der Waals surface area contributed by atoms with E-state index in [0.29, 0.717) is 23.1 Å². The number of halogens is 1. The second kappa shape index (κ2) is 10.2. The van der Waals surface area contributed by atoms with Gasteiger partial charge in [0.1, 0.15) is 5.82 Å². The van der Waals surface area contributed by atoms with Crippen molar-refractivity contribution in [2.24, 2.45) is 0 Å². The smallest absolute Gasteiger partial charge is 0.230 e. The Morgan fingerprint density at radius 3 is 2.59 bits per heavy atom. The molecule has 0 aliphatic rings. The van der Waals surface area contributed by atoms with E-state index in [4.69, 9.17) is 0 Å². The minimum atomic E-state index is -0.341. The summed E-state index contributed by atoms with van der Waals surface area (Å²) in [5.74, 6) is 0.329. The van der Waals surface area contributed by atoms with Crippen LogP contribution in [0.1, 0.15) is 25.8 Å². The molecule has 0 fully saturated rings. The number of carbonyl (C=O) groups is 1. The zero-order chi connectivity index (χ0) is 20.6. The molecular weight excluding hydrogens is 387 g/mol. The Labute approximate surface area is 174 Å². The molecule has 2 aromatic carbocycles. The number of nitrogens with zero attached hydrogens (tertiary/aromatic N) is 3. The van der Waals surface area contributed by atoms with Gasteiger partial charge in [-0.3, -0.25) is 4.79 Å². The lowest BCUT2D eigenvalue weighted by Gasteiger charge is -2.12. The first kappa shape index (κ1) is 21.0. The predicted molar refractivity (Wildman–Crippen MR) is 114 cm³/mol. The van der Waals surface area contributed by atoms with Gasteiger partial charge in [-0.05, 0) is 37.5 Å². The van der Waals surface area contributed by atoms with Crippen molar-refractivity contribution < 1.29 is 9.18 Å². The first-order chi connectivity index (χ1) is 14.1. The number of carbonyl (C=O) groups excluding carboxylic acids is 1. The highest BCUT2D eigenvalue weighted by Gasteiger charge is 2.18. The third-order valence-electron chi connectivity index (χ3n) is 4.65.